The van der Waals surface area contributed by atoms with Crippen LogP contribution >= 0.6 is 0 Å². The van der Waals surface area contributed by atoms with Crippen LogP contribution in [0.25, 0.3) is 0 Å². The van der Waals surface area contributed by atoms with Crippen LogP contribution in [0.3, 0.4) is 0 Å². The highest BCUT2D eigenvalue weighted by Gasteiger charge is 2.19. The largest absolute Gasteiger partial charge is 0.399 e. The van der Waals surface area contributed by atoms with Gasteiger partial charge in [-0.15, -0.1) is 0 Å². The molecule has 15 heavy (non-hydrogen) atoms. The topological polar surface area (TPSA) is 118 Å². The van der Waals surface area contributed by atoms with Gasteiger partial charge in [-0.1, -0.05) is 0 Å². The lowest BCUT2D eigenvalue weighted by molar-refractivity contribution is 0.0900. The molecule has 0 saturated heterocycles. The lowest BCUT2D eigenvalue weighted by atomic mass is 10.1. The molecule has 7 heteroatoms. The van der Waals surface area contributed by atoms with Gasteiger partial charge in [0.2, 0.25) is 0 Å². The van der Waals surface area contributed by atoms with Crippen LogP contribution in [0.4, 0.5) is 5.69 Å². The zero-order chi connectivity index (χ0) is 11.6. The minimum Gasteiger partial charge on any atom is -0.399 e. The monoisotopic (exact) mass is 231 g/mol. The predicted octanol–water partition coefficient (Wildman–Crippen LogP) is -0.310. The van der Waals surface area contributed by atoms with E-state index in [1.165, 1.54) is 6.07 Å². The first-order chi connectivity index (χ1) is 6.86. The Morgan fingerprint density at radius 3 is 2.47 bits per heavy atom. The molecule has 0 saturated carbocycles. The van der Waals surface area contributed by atoms with Crippen molar-refractivity contribution in [1.82, 2.24) is 0 Å². The molecular formula is C8H9NO5S. The Morgan fingerprint density at radius 1 is 1.40 bits per heavy atom. The summed E-state index contributed by atoms with van der Waals surface area (Å²) in [6.45, 7) is -0.855. The summed E-state index contributed by atoms with van der Waals surface area (Å²) < 4.78 is 30.5. The molecule has 0 aliphatic rings. The minimum absolute atomic E-state index is 0.166. The van der Waals surface area contributed by atoms with Crippen LogP contribution in [0.5, 0.6) is 0 Å². The number of aliphatic hydroxyl groups is 1. The smallest absolute Gasteiger partial charge is 0.295 e. The van der Waals surface area contributed by atoms with Gasteiger partial charge in [-0.2, -0.15) is 8.42 Å². The summed E-state index contributed by atoms with van der Waals surface area (Å²) in [4.78, 5) is 10.6. The molecule has 4 N–H and O–H groups in total. The van der Waals surface area contributed by atoms with Gasteiger partial charge in [0.05, 0.1) is 0 Å². The van der Waals surface area contributed by atoms with Gasteiger partial charge in [0.25, 0.3) is 10.1 Å². The number of Topliss-reactive ketones (excluding diaryl/α,β-unsaturated/α-hetero) is 1. The number of carbonyl (C=O) groups excluding carboxylic acids is 1. The van der Waals surface area contributed by atoms with Gasteiger partial charge in [0, 0.05) is 11.3 Å². The van der Waals surface area contributed by atoms with E-state index in [1.807, 2.05) is 0 Å². The lowest BCUT2D eigenvalue weighted by Gasteiger charge is -2.05. The van der Waals surface area contributed by atoms with Crippen molar-refractivity contribution < 1.29 is 22.9 Å². The van der Waals surface area contributed by atoms with Gasteiger partial charge in [-0.3, -0.25) is 9.35 Å². The first-order valence-electron chi connectivity index (χ1n) is 3.87. The van der Waals surface area contributed by atoms with E-state index in [0.29, 0.717) is 0 Å². The molecule has 0 heterocycles. The number of hydrogen-bond donors (Lipinski definition) is 3. The fourth-order valence-corrected chi connectivity index (χ4v) is 1.77. The third-order valence-corrected chi connectivity index (χ3v) is 2.64. The molecule has 0 radical (unpaired) electrons. The maximum atomic E-state index is 11.2. The lowest BCUT2D eigenvalue weighted by Crippen LogP contribution is -2.12. The summed E-state index contributed by atoms with van der Waals surface area (Å²) in [5, 5.41) is 8.60. The number of aliphatic hydroxyl groups excluding tert-OH is 1. The summed E-state index contributed by atoms with van der Waals surface area (Å²) in [6, 6.07) is 3.33. The quantitative estimate of drug-likeness (QED) is 0.373. The fourth-order valence-electron chi connectivity index (χ4n) is 1.08. The molecule has 82 valence electrons. The van der Waals surface area contributed by atoms with Crippen LogP contribution in [-0.2, 0) is 10.1 Å². The van der Waals surface area contributed by atoms with E-state index in [-0.39, 0.29) is 11.3 Å². The SMILES string of the molecule is Nc1ccc(S(=O)(=O)O)c(C(=O)CO)c1. The molecule has 0 bridgehead atoms. The Balaban J connectivity index is 3.47. The first kappa shape index (κ1) is 11.6. The van der Waals surface area contributed by atoms with E-state index < -0.39 is 27.4 Å². The van der Waals surface area contributed by atoms with Gasteiger partial charge >= 0.3 is 0 Å². The average molecular weight is 231 g/mol. The Hall–Kier alpha value is -1.44. The molecule has 1 aromatic rings. The van der Waals surface area contributed by atoms with Crippen LogP contribution in [0, 0.1) is 0 Å². The summed E-state index contributed by atoms with van der Waals surface area (Å²) in [6.07, 6.45) is 0. The molecule has 0 amide bonds. The Bertz CT molecular complexity index is 494. The molecular weight excluding hydrogens is 222 g/mol. The zero-order valence-electron chi connectivity index (χ0n) is 7.54. The van der Waals surface area contributed by atoms with Crippen molar-refractivity contribution in [2.24, 2.45) is 0 Å². The predicted molar refractivity (Wildman–Crippen MR) is 52.1 cm³/mol. The van der Waals surface area contributed by atoms with Crippen molar-refractivity contribution in [1.29, 1.82) is 0 Å². The number of benzene rings is 1. The van der Waals surface area contributed by atoms with E-state index in [1.54, 1.807) is 0 Å². The highest BCUT2D eigenvalue weighted by atomic mass is 32.2. The fraction of sp³-hybridized carbons (Fsp3) is 0.125. The maximum absolute atomic E-state index is 11.2. The Labute approximate surface area is 86.1 Å². The molecule has 6 nitrogen and oxygen atoms in total. The summed E-state index contributed by atoms with van der Waals surface area (Å²) in [5.74, 6) is -0.824. The van der Waals surface area contributed by atoms with Crippen molar-refractivity contribution in [2.45, 2.75) is 4.90 Å². The van der Waals surface area contributed by atoms with E-state index in [9.17, 15) is 13.2 Å². The van der Waals surface area contributed by atoms with Gasteiger partial charge < -0.3 is 10.8 Å². The van der Waals surface area contributed by atoms with Crippen LogP contribution in [0.2, 0.25) is 0 Å². The third-order valence-electron chi connectivity index (χ3n) is 1.73. The number of anilines is 1. The molecule has 1 aromatic carbocycles. The number of nitrogen functional groups attached to an aromatic ring is 1. The first-order valence-corrected chi connectivity index (χ1v) is 5.31. The molecule has 0 spiro atoms. The minimum atomic E-state index is -4.49. The molecule has 0 aliphatic heterocycles. The molecule has 1 rings (SSSR count). The Morgan fingerprint density at radius 2 is 2.00 bits per heavy atom. The van der Waals surface area contributed by atoms with Crippen LogP contribution in [-0.4, -0.2) is 30.5 Å². The van der Waals surface area contributed by atoms with Crippen molar-refractivity contribution >= 4 is 21.6 Å². The van der Waals surface area contributed by atoms with E-state index in [2.05, 4.69) is 0 Å². The number of hydrogen-bond acceptors (Lipinski definition) is 5. The third kappa shape index (κ3) is 2.52. The van der Waals surface area contributed by atoms with Crippen LogP contribution < -0.4 is 5.73 Å². The molecule has 0 unspecified atom stereocenters. The number of ketones is 1. The number of carbonyl (C=O) groups is 1. The molecule has 0 fully saturated rings. The van der Waals surface area contributed by atoms with Gasteiger partial charge in [0.1, 0.15) is 11.5 Å². The summed E-state index contributed by atoms with van der Waals surface area (Å²) in [7, 11) is -4.49. The highest BCUT2D eigenvalue weighted by molar-refractivity contribution is 7.86. The zero-order valence-corrected chi connectivity index (χ0v) is 8.36. The van der Waals surface area contributed by atoms with Gasteiger partial charge in [-0.25, -0.2) is 0 Å². The van der Waals surface area contributed by atoms with Crippen molar-refractivity contribution in [3.63, 3.8) is 0 Å². The number of rotatable bonds is 3. The molecule has 0 aliphatic carbocycles. The van der Waals surface area contributed by atoms with Crippen LogP contribution in [0.1, 0.15) is 10.4 Å². The second-order valence-electron chi connectivity index (χ2n) is 2.81. The molecule has 0 aromatic heterocycles. The van der Waals surface area contributed by atoms with E-state index >= 15 is 0 Å². The molecule has 0 atom stereocenters. The van der Waals surface area contributed by atoms with Gasteiger partial charge in [-0.05, 0) is 18.2 Å². The highest BCUT2D eigenvalue weighted by Crippen LogP contribution is 2.19. The summed E-state index contributed by atoms with van der Waals surface area (Å²) >= 11 is 0. The van der Waals surface area contributed by atoms with E-state index in [4.69, 9.17) is 15.4 Å². The van der Waals surface area contributed by atoms with Crippen molar-refractivity contribution in [3.05, 3.63) is 23.8 Å². The average Bonchev–Trinajstić information content (AvgIpc) is 2.14. The normalized spacial score (nSPS) is 11.3. The Kier molecular flexibility index (Phi) is 3.08. The second kappa shape index (κ2) is 3.97. The summed E-state index contributed by atoms with van der Waals surface area (Å²) in [5.41, 5.74) is 5.20. The van der Waals surface area contributed by atoms with E-state index in [0.717, 1.165) is 12.1 Å². The standard InChI is InChI=1S/C8H9NO5S/c9-5-1-2-8(15(12,13)14)6(3-5)7(11)4-10/h1-3,10H,4,9H2,(H,12,13,14). The maximum Gasteiger partial charge on any atom is 0.295 e. The number of nitrogens with two attached hydrogens (primary N) is 1. The van der Waals surface area contributed by atoms with Gasteiger partial charge in [0.15, 0.2) is 5.78 Å². The van der Waals surface area contributed by atoms with Crippen molar-refractivity contribution in [2.75, 3.05) is 12.3 Å². The van der Waals surface area contributed by atoms with Crippen LogP contribution in [0.15, 0.2) is 23.1 Å². The van der Waals surface area contributed by atoms with Crippen molar-refractivity contribution in [3.8, 4) is 0 Å². The second-order valence-corrected chi connectivity index (χ2v) is 4.20.